The molecule has 1 fully saturated rings. The Hall–Kier alpha value is -1.55. The average Bonchev–Trinajstić information content (AvgIpc) is 2.32. The van der Waals surface area contributed by atoms with E-state index in [1.165, 1.54) is 0 Å². The van der Waals surface area contributed by atoms with Crippen LogP contribution in [-0.4, -0.2) is 25.6 Å². The molecule has 18 heavy (non-hydrogen) atoms. The van der Waals surface area contributed by atoms with Crippen LogP contribution in [0.3, 0.4) is 0 Å². The van der Waals surface area contributed by atoms with Crippen molar-refractivity contribution in [3.8, 4) is 5.75 Å². The van der Waals surface area contributed by atoms with Crippen molar-refractivity contribution in [3.63, 3.8) is 0 Å². The molecule has 1 aromatic carbocycles. The number of carbonyl (C=O) groups is 1. The molecule has 1 amide bonds. The molecule has 1 aliphatic rings. The molecule has 1 aromatic rings. The number of hydrogen-bond acceptors (Lipinski definition) is 3. The van der Waals surface area contributed by atoms with Crippen LogP contribution in [0.1, 0.15) is 19.8 Å². The van der Waals surface area contributed by atoms with Crippen molar-refractivity contribution in [2.24, 2.45) is 5.92 Å². The van der Waals surface area contributed by atoms with Crippen LogP contribution in [0.25, 0.3) is 0 Å². The van der Waals surface area contributed by atoms with Gasteiger partial charge in [-0.1, -0.05) is 13.0 Å². The van der Waals surface area contributed by atoms with E-state index in [2.05, 4.69) is 17.6 Å². The van der Waals surface area contributed by atoms with Gasteiger partial charge in [-0.05, 0) is 37.6 Å². The second-order valence-corrected chi connectivity index (χ2v) is 4.65. The fraction of sp³-hybridized carbons (Fsp3) is 0.500. The van der Waals surface area contributed by atoms with Crippen molar-refractivity contribution in [2.45, 2.75) is 19.8 Å². The van der Waals surface area contributed by atoms with Gasteiger partial charge in [-0.2, -0.15) is 0 Å². The van der Waals surface area contributed by atoms with E-state index in [0.717, 1.165) is 30.9 Å². The number of ether oxygens (including phenoxy) is 1. The third-order valence-corrected chi connectivity index (χ3v) is 2.93. The molecular weight excluding hydrogens is 228 g/mol. The lowest BCUT2D eigenvalue weighted by Gasteiger charge is -2.26. The maximum Gasteiger partial charge on any atom is 0.224 e. The first-order chi connectivity index (χ1) is 8.78. The van der Waals surface area contributed by atoms with E-state index >= 15 is 0 Å². The van der Waals surface area contributed by atoms with E-state index in [4.69, 9.17) is 4.74 Å². The Morgan fingerprint density at radius 3 is 3.00 bits per heavy atom. The predicted molar refractivity (Wildman–Crippen MR) is 71.8 cm³/mol. The molecule has 4 heteroatoms. The summed E-state index contributed by atoms with van der Waals surface area (Å²) in [6, 6.07) is 7.55. The molecule has 0 bridgehead atoms. The molecule has 0 unspecified atom stereocenters. The Kier molecular flexibility index (Phi) is 4.59. The van der Waals surface area contributed by atoms with Crippen molar-refractivity contribution in [1.82, 2.24) is 5.32 Å². The van der Waals surface area contributed by atoms with Crippen molar-refractivity contribution in [1.29, 1.82) is 0 Å². The van der Waals surface area contributed by atoms with E-state index < -0.39 is 0 Å². The quantitative estimate of drug-likeness (QED) is 0.810. The minimum absolute atomic E-state index is 0.0779. The van der Waals surface area contributed by atoms with Gasteiger partial charge in [-0.25, -0.2) is 0 Å². The van der Waals surface area contributed by atoms with Gasteiger partial charge in [0.15, 0.2) is 0 Å². The van der Waals surface area contributed by atoms with Crippen LogP contribution in [0.15, 0.2) is 24.3 Å². The summed E-state index contributed by atoms with van der Waals surface area (Å²) >= 11 is 0. The molecule has 98 valence electrons. The largest absolute Gasteiger partial charge is 0.494 e. The zero-order valence-electron chi connectivity index (χ0n) is 10.7. The molecule has 0 saturated carbocycles. The van der Waals surface area contributed by atoms with Gasteiger partial charge in [0.25, 0.3) is 0 Å². The Labute approximate surface area is 108 Å². The fourth-order valence-corrected chi connectivity index (χ4v) is 1.85. The van der Waals surface area contributed by atoms with Crippen LogP contribution in [-0.2, 0) is 4.79 Å². The Balaban J connectivity index is 1.85. The lowest BCUT2D eigenvalue weighted by Crippen LogP contribution is -2.43. The highest BCUT2D eigenvalue weighted by Crippen LogP contribution is 2.18. The maximum absolute atomic E-state index is 11.8. The number of hydrogen-bond donors (Lipinski definition) is 2. The van der Waals surface area contributed by atoms with Crippen LogP contribution in [0, 0.1) is 5.92 Å². The minimum Gasteiger partial charge on any atom is -0.494 e. The topological polar surface area (TPSA) is 50.4 Å². The standard InChI is InChI=1S/C14H20N2O2/c1-2-6-18-13-5-3-4-12(8-13)16-14(17)7-11-9-15-10-11/h3-5,8,11,15H,2,6-7,9-10H2,1H3,(H,16,17). The summed E-state index contributed by atoms with van der Waals surface area (Å²) in [5, 5.41) is 6.07. The van der Waals surface area contributed by atoms with Gasteiger partial charge in [-0.15, -0.1) is 0 Å². The van der Waals surface area contributed by atoms with Crippen LogP contribution >= 0.6 is 0 Å². The molecule has 0 radical (unpaired) electrons. The summed E-state index contributed by atoms with van der Waals surface area (Å²) in [7, 11) is 0. The monoisotopic (exact) mass is 248 g/mol. The van der Waals surface area contributed by atoms with Gasteiger partial charge in [0.2, 0.25) is 5.91 Å². The van der Waals surface area contributed by atoms with E-state index in [1.807, 2.05) is 24.3 Å². The Bertz CT molecular complexity index is 403. The van der Waals surface area contributed by atoms with Gasteiger partial charge in [0.05, 0.1) is 6.61 Å². The number of carbonyl (C=O) groups excluding carboxylic acids is 1. The third-order valence-electron chi connectivity index (χ3n) is 2.93. The van der Waals surface area contributed by atoms with E-state index in [0.29, 0.717) is 18.9 Å². The van der Waals surface area contributed by atoms with E-state index in [1.54, 1.807) is 0 Å². The second kappa shape index (κ2) is 6.40. The first kappa shape index (κ1) is 12.9. The molecule has 1 saturated heterocycles. The molecule has 4 nitrogen and oxygen atoms in total. The van der Waals surface area contributed by atoms with Gasteiger partial charge in [0, 0.05) is 18.2 Å². The maximum atomic E-state index is 11.8. The van der Waals surface area contributed by atoms with Gasteiger partial charge in [0.1, 0.15) is 5.75 Å². The van der Waals surface area contributed by atoms with Crippen LogP contribution < -0.4 is 15.4 Å². The number of benzene rings is 1. The summed E-state index contributed by atoms with van der Waals surface area (Å²) in [6.45, 7) is 4.67. The molecule has 2 rings (SSSR count). The number of amides is 1. The SMILES string of the molecule is CCCOc1cccc(NC(=O)CC2CNC2)c1. The minimum atomic E-state index is 0.0779. The van der Waals surface area contributed by atoms with Crippen LogP contribution in [0.4, 0.5) is 5.69 Å². The molecule has 0 aromatic heterocycles. The van der Waals surface area contributed by atoms with Crippen LogP contribution in [0.2, 0.25) is 0 Å². The van der Waals surface area contributed by atoms with Gasteiger partial charge < -0.3 is 15.4 Å². The molecular formula is C14H20N2O2. The number of rotatable bonds is 6. The van der Waals surface area contributed by atoms with Crippen molar-refractivity contribution >= 4 is 11.6 Å². The van der Waals surface area contributed by atoms with Crippen molar-refractivity contribution < 1.29 is 9.53 Å². The summed E-state index contributed by atoms with van der Waals surface area (Å²) in [4.78, 5) is 11.8. The summed E-state index contributed by atoms with van der Waals surface area (Å²) in [5.41, 5.74) is 0.806. The van der Waals surface area contributed by atoms with Crippen molar-refractivity contribution in [2.75, 3.05) is 25.0 Å². The van der Waals surface area contributed by atoms with Gasteiger partial charge in [-0.3, -0.25) is 4.79 Å². The zero-order valence-corrected chi connectivity index (χ0v) is 10.7. The average molecular weight is 248 g/mol. The molecule has 1 heterocycles. The summed E-state index contributed by atoms with van der Waals surface area (Å²) in [5.74, 6) is 1.37. The molecule has 2 N–H and O–H groups in total. The number of anilines is 1. The molecule has 1 aliphatic heterocycles. The highest BCUT2D eigenvalue weighted by Gasteiger charge is 2.19. The zero-order chi connectivity index (χ0) is 12.8. The third kappa shape index (κ3) is 3.74. The second-order valence-electron chi connectivity index (χ2n) is 4.65. The fourth-order valence-electron chi connectivity index (χ4n) is 1.85. The summed E-state index contributed by atoms with van der Waals surface area (Å²) < 4.78 is 5.53. The Morgan fingerprint density at radius 2 is 2.33 bits per heavy atom. The highest BCUT2D eigenvalue weighted by molar-refractivity contribution is 5.91. The van der Waals surface area contributed by atoms with E-state index in [-0.39, 0.29) is 5.91 Å². The summed E-state index contributed by atoms with van der Waals surface area (Å²) in [6.07, 6.45) is 1.57. The first-order valence-electron chi connectivity index (χ1n) is 6.51. The lowest BCUT2D eigenvalue weighted by atomic mass is 9.99. The lowest BCUT2D eigenvalue weighted by molar-refractivity contribution is -0.117. The normalized spacial score (nSPS) is 14.9. The first-order valence-corrected chi connectivity index (χ1v) is 6.51. The smallest absolute Gasteiger partial charge is 0.224 e. The van der Waals surface area contributed by atoms with Crippen LogP contribution in [0.5, 0.6) is 5.75 Å². The van der Waals surface area contributed by atoms with E-state index in [9.17, 15) is 4.79 Å². The molecule has 0 spiro atoms. The Morgan fingerprint density at radius 1 is 1.50 bits per heavy atom. The van der Waals surface area contributed by atoms with Crippen molar-refractivity contribution in [3.05, 3.63) is 24.3 Å². The molecule has 0 atom stereocenters. The van der Waals surface area contributed by atoms with Gasteiger partial charge >= 0.3 is 0 Å². The predicted octanol–water partition coefficient (Wildman–Crippen LogP) is 2.02. The highest BCUT2D eigenvalue weighted by atomic mass is 16.5. The molecule has 0 aliphatic carbocycles. The number of nitrogens with one attached hydrogen (secondary N) is 2.